The van der Waals surface area contributed by atoms with Gasteiger partial charge in [0.05, 0.1) is 6.42 Å². The number of fused-ring (bicyclic) bond motifs is 1. The third kappa shape index (κ3) is 9.84. The minimum atomic E-state index is -1.32. The molecule has 230 valence electrons. The zero-order valence-corrected chi connectivity index (χ0v) is 25.8. The van der Waals surface area contributed by atoms with Crippen LogP contribution in [-0.4, -0.2) is 46.9 Å². The standard InChI is InChI=1S/C34H44N4O5/c1-6-7-8-13-20-38(32(41)28(22-29(35)39)37-33(42)43-34(3,4)5)30(27-17-12-9-14-23(27)2)31(40)36-26-19-18-24-15-10-11-16-25(24)21-26/h9-12,14-19,21,28,30H,6-8,13,20,22H2,1-5H3,(H2,35,39)(H,36,40)(H,37,42). The van der Waals surface area contributed by atoms with E-state index in [0.717, 1.165) is 35.6 Å². The number of unbranched alkanes of at least 4 members (excludes halogenated alkanes) is 3. The molecule has 3 rings (SSSR count). The zero-order chi connectivity index (χ0) is 31.6. The van der Waals surface area contributed by atoms with Crippen LogP contribution in [-0.2, 0) is 19.1 Å². The predicted molar refractivity (Wildman–Crippen MR) is 169 cm³/mol. The number of alkyl carbamates (subject to hydrolysis) is 1. The molecule has 3 aromatic carbocycles. The molecule has 0 spiro atoms. The molecule has 0 saturated heterocycles. The van der Waals surface area contributed by atoms with Gasteiger partial charge in [-0.2, -0.15) is 0 Å². The molecule has 0 bridgehead atoms. The van der Waals surface area contributed by atoms with Crippen LogP contribution in [0.25, 0.3) is 10.8 Å². The summed E-state index contributed by atoms with van der Waals surface area (Å²) >= 11 is 0. The largest absolute Gasteiger partial charge is 0.444 e. The Morgan fingerprint density at radius 1 is 0.907 bits per heavy atom. The average Bonchev–Trinajstić information content (AvgIpc) is 2.93. The van der Waals surface area contributed by atoms with Crippen LogP contribution in [0.1, 0.15) is 77.0 Å². The van der Waals surface area contributed by atoms with Gasteiger partial charge in [0, 0.05) is 12.2 Å². The monoisotopic (exact) mass is 588 g/mol. The first-order valence-electron chi connectivity index (χ1n) is 14.8. The van der Waals surface area contributed by atoms with E-state index in [4.69, 9.17) is 10.5 Å². The molecule has 3 aromatic rings. The van der Waals surface area contributed by atoms with E-state index in [2.05, 4.69) is 17.6 Å². The molecular formula is C34H44N4O5. The van der Waals surface area contributed by atoms with Gasteiger partial charge in [0.1, 0.15) is 17.7 Å². The number of benzene rings is 3. The highest BCUT2D eigenvalue weighted by Crippen LogP contribution is 2.29. The summed E-state index contributed by atoms with van der Waals surface area (Å²) < 4.78 is 5.37. The summed E-state index contributed by atoms with van der Waals surface area (Å²) in [6.45, 7) is 9.29. The first kappa shape index (κ1) is 33.1. The highest BCUT2D eigenvalue weighted by atomic mass is 16.6. The third-order valence-corrected chi connectivity index (χ3v) is 6.99. The molecule has 0 radical (unpaired) electrons. The Morgan fingerprint density at radius 2 is 1.58 bits per heavy atom. The van der Waals surface area contributed by atoms with E-state index in [-0.39, 0.29) is 6.54 Å². The van der Waals surface area contributed by atoms with Crippen molar-refractivity contribution in [3.05, 3.63) is 77.9 Å². The van der Waals surface area contributed by atoms with Crippen molar-refractivity contribution in [1.29, 1.82) is 0 Å². The van der Waals surface area contributed by atoms with Gasteiger partial charge in [0.25, 0.3) is 5.91 Å². The number of aryl methyl sites for hydroxylation is 1. The van der Waals surface area contributed by atoms with Crippen LogP contribution < -0.4 is 16.4 Å². The van der Waals surface area contributed by atoms with Gasteiger partial charge in [0.2, 0.25) is 11.8 Å². The number of nitrogens with one attached hydrogen (secondary N) is 2. The number of amides is 4. The molecule has 0 aromatic heterocycles. The summed E-state index contributed by atoms with van der Waals surface area (Å²) in [5.74, 6) is -1.78. The SMILES string of the molecule is CCCCCCN(C(=O)C(CC(N)=O)NC(=O)OC(C)(C)C)C(C(=O)Nc1ccc2ccccc2c1)c1ccccc1C. The van der Waals surface area contributed by atoms with Crippen LogP contribution in [0, 0.1) is 6.92 Å². The second-order valence-corrected chi connectivity index (χ2v) is 11.8. The molecule has 9 heteroatoms. The van der Waals surface area contributed by atoms with Crippen molar-refractivity contribution >= 4 is 40.3 Å². The van der Waals surface area contributed by atoms with Crippen LogP contribution in [0.15, 0.2) is 66.7 Å². The molecule has 0 aliphatic heterocycles. The molecule has 0 fully saturated rings. The minimum absolute atomic E-state index is 0.230. The second-order valence-electron chi connectivity index (χ2n) is 11.8. The highest BCUT2D eigenvalue weighted by Gasteiger charge is 2.37. The van der Waals surface area contributed by atoms with E-state index in [0.29, 0.717) is 17.7 Å². The number of rotatable bonds is 13. The maximum atomic E-state index is 14.3. The van der Waals surface area contributed by atoms with Gasteiger partial charge in [-0.05, 0) is 68.1 Å². The summed E-state index contributed by atoms with van der Waals surface area (Å²) in [6.07, 6.45) is 2.11. The Labute approximate surface area is 254 Å². The van der Waals surface area contributed by atoms with E-state index in [1.807, 2.05) is 73.7 Å². The molecule has 43 heavy (non-hydrogen) atoms. The molecular weight excluding hydrogens is 544 g/mol. The molecule has 0 aliphatic rings. The van der Waals surface area contributed by atoms with E-state index >= 15 is 0 Å². The Hall–Kier alpha value is -4.40. The zero-order valence-electron chi connectivity index (χ0n) is 25.8. The number of ether oxygens (including phenoxy) is 1. The normalized spacial score (nSPS) is 12.7. The van der Waals surface area contributed by atoms with E-state index in [1.165, 1.54) is 4.90 Å². The molecule has 2 atom stereocenters. The Bertz CT molecular complexity index is 1430. The summed E-state index contributed by atoms with van der Waals surface area (Å²) in [5.41, 5.74) is 6.73. The number of hydrogen-bond acceptors (Lipinski definition) is 5. The van der Waals surface area contributed by atoms with Crippen LogP contribution in [0.5, 0.6) is 0 Å². The van der Waals surface area contributed by atoms with E-state index in [9.17, 15) is 19.2 Å². The van der Waals surface area contributed by atoms with Gasteiger partial charge in [-0.3, -0.25) is 14.4 Å². The van der Waals surface area contributed by atoms with Crippen molar-refractivity contribution in [2.75, 3.05) is 11.9 Å². The van der Waals surface area contributed by atoms with Gasteiger partial charge in [0.15, 0.2) is 0 Å². The van der Waals surface area contributed by atoms with Gasteiger partial charge < -0.3 is 26.0 Å². The molecule has 0 aliphatic carbocycles. The fourth-order valence-electron chi connectivity index (χ4n) is 4.95. The third-order valence-electron chi connectivity index (χ3n) is 6.99. The van der Waals surface area contributed by atoms with Crippen LogP contribution in [0.3, 0.4) is 0 Å². The number of nitrogens with two attached hydrogens (primary N) is 1. The van der Waals surface area contributed by atoms with E-state index in [1.54, 1.807) is 20.8 Å². The van der Waals surface area contributed by atoms with Crippen molar-refractivity contribution in [3.8, 4) is 0 Å². The number of nitrogens with zero attached hydrogens (tertiary/aromatic N) is 1. The maximum Gasteiger partial charge on any atom is 0.408 e. The topological polar surface area (TPSA) is 131 Å². The lowest BCUT2D eigenvalue weighted by molar-refractivity contribution is -0.142. The van der Waals surface area contributed by atoms with Crippen molar-refractivity contribution in [2.45, 2.75) is 84.4 Å². The number of hydrogen-bond donors (Lipinski definition) is 3. The molecule has 2 unspecified atom stereocenters. The first-order valence-corrected chi connectivity index (χ1v) is 14.8. The van der Waals surface area contributed by atoms with Crippen molar-refractivity contribution in [1.82, 2.24) is 10.2 Å². The molecule has 0 heterocycles. The summed E-state index contributed by atoms with van der Waals surface area (Å²) in [5, 5.41) is 7.54. The fourth-order valence-corrected chi connectivity index (χ4v) is 4.95. The van der Waals surface area contributed by atoms with Gasteiger partial charge >= 0.3 is 6.09 Å². The van der Waals surface area contributed by atoms with Crippen LogP contribution >= 0.6 is 0 Å². The quantitative estimate of drug-likeness (QED) is 0.211. The van der Waals surface area contributed by atoms with Crippen LogP contribution in [0.4, 0.5) is 10.5 Å². The van der Waals surface area contributed by atoms with Gasteiger partial charge in [-0.15, -0.1) is 0 Å². The number of carbonyl (C=O) groups is 4. The lowest BCUT2D eigenvalue weighted by Crippen LogP contribution is -2.53. The second kappa shape index (κ2) is 15.2. The Kier molecular flexibility index (Phi) is 11.7. The van der Waals surface area contributed by atoms with Gasteiger partial charge in [-0.1, -0.05) is 80.8 Å². The van der Waals surface area contributed by atoms with Crippen molar-refractivity contribution in [2.24, 2.45) is 5.73 Å². The first-order chi connectivity index (χ1) is 20.4. The molecule has 0 saturated carbocycles. The fraction of sp³-hybridized carbons (Fsp3) is 0.412. The molecule has 4 N–H and O–H groups in total. The molecule has 4 amide bonds. The highest BCUT2D eigenvalue weighted by molar-refractivity contribution is 6.01. The maximum absolute atomic E-state index is 14.3. The summed E-state index contributed by atoms with van der Waals surface area (Å²) in [6, 6.07) is 18.5. The minimum Gasteiger partial charge on any atom is -0.444 e. The Morgan fingerprint density at radius 3 is 2.23 bits per heavy atom. The average molecular weight is 589 g/mol. The lowest BCUT2D eigenvalue weighted by atomic mass is 9.97. The van der Waals surface area contributed by atoms with Crippen molar-refractivity contribution in [3.63, 3.8) is 0 Å². The van der Waals surface area contributed by atoms with Crippen molar-refractivity contribution < 1.29 is 23.9 Å². The predicted octanol–water partition coefficient (Wildman–Crippen LogP) is 6.01. The molecule has 9 nitrogen and oxygen atoms in total. The van der Waals surface area contributed by atoms with E-state index < -0.39 is 47.9 Å². The lowest BCUT2D eigenvalue weighted by Gasteiger charge is -2.35. The summed E-state index contributed by atoms with van der Waals surface area (Å²) in [4.78, 5) is 54.7. The number of anilines is 1. The van der Waals surface area contributed by atoms with Gasteiger partial charge in [-0.25, -0.2) is 4.79 Å². The number of carbonyl (C=O) groups excluding carboxylic acids is 4. The summed E-state index contributed by atoms with van der Waals surface area (Å²) in [7, 11) is 0. The number of primary amides is 1. The Balaban J connectivity index is 2.04. The smallest absolute Gasteiger partial charge is 0.408 e. The van der Waals surface area contributed by atoms with Crippen LogP contribution in [0.2, 0.25) is 0 Å².